The molecule has 0 atom stereocenters. The Bertz CT molecular complexity index is 427. The second-order valence-corrected chi connectivity index (χ2v) is 4.55. The Kier molecular flexibility index (Phi) is 5.13. The van der Waals surface area contributed by atoms with E-state index in [0.29, 0.717) is 6.42 Å². The van der Waals surface area contributed by atoms with Gasteiger partial charge in [0.05, 0.1) is 18.8 Å². The van der Waals surface area contributed by atoms with E-state index in [1.807, 2.05) is 0 Å². The summed E-state index contributed by atoms with van der Waals surface area (Å²) in [5.41, 5.74) is -0.844. The zero-order valence-electron chi connectivity index (χ0n) is 9.98. The fraction of sp³-hybridized carbons (Fsp3) is 0.417. The van der Waals surface area contributed by atoms with Gasteiger partial charge in [0.25, 0.3) is 5.91 Å². The van der Waals surface area contributed by atoms with Gasteiger partial charge in [0.2, 0.25) is 0 Å². The first-order valence-electron chi connectivity index (χ1n) is 5.50. The van der Waals surface area contributed by atoms with E-state index in [1.54, 1.807) is 6.92 Å². The Morgan fingerprint density at radius 3 is 2.50 bits per heavy atom. The molecule has 0 aliphatic carbocycles. The van der Waals surface area contributed by atoms with Gasteiger partial charge in [-0.3, -0.25) is 4.79 Å². The van der Waals surface area contributed by atoms with Gasteiger partial charge in [-0.1, -0.05) is 6.92 Å². The van der Waals surface area contributed by atoms with Gasteiger partial charge in [0.15, 0.2) is 0 Å². The molecular weight excluding hydrogens is 257 g/mol. The summed E-state index contributed by atoms with van der Waals surface area (Å²) in [4.78, 5) is 12.0. The average Bonchev–Trinajstić information content (AvgIpc) is 2.39. The van der Waals surface area contributed by atoms with Crippen LogP contribution in [0.25, 0.3) is 0 Å². The van der Waals surface area contributed by atoms with Crippen LogP contribution in [0.4, 0.5) is 4.39 Å². The number of benzene rings is 1. The van der Waals surface area contributed by atoms with Crippen molar-refractivity contribution < 1.29 is 19.4 Å². The Morgan fingerprint density at radius 2 is 2.06 bits per heavy atom. The molecule has 0 bridgehead atoms. The number of hydrogen-bond donors (Lipinski definition) is 4. The third-order valence-corrected chi connectivity index (χ3v) is 3.21. The Morgan fingerprint density at radius 1 is 1.44 bits per heavy atom. The van der Waals surface area contributed by atoms with Crippen molar-refractivity contribution in [1.82, 2.24) is 5.32 Å². The van der Waals surface area contributed by atoms with Crippen LogP contribution in [0.2, 0.25) is 0 Å². The van der Waals surface area contributed by atoms with Gasteiger partial charge in [0.1, 0.15) is 5.82 Å². The van der Waals surface area contributed by atoms with E-state index in [2.05, 4.69) is 17.9 Å². The summed E-state index contributed by atoms with van der Waals surface area (Å²) in [5, 5.41) is 21.0. The van der Waals surface area contributed by atoms with Gasteiger partial charge in [-0.05, 0) is 24.6 Å². The van der Waals surface area contributed by atoms with E-state index in [9.17, 15) is 19.4 Å². The van der Waals surface area contributed by atoms with Crippen molar-refractivity contribution in [3.8, 4) is 0 Å². The lowest BCUT2D eigenvalue weighted by Gasteiger charge is -2.29. The van der Waals surface area contributed by atoms with Gasteiger partial charge < -0.3 is 15.5 Å². The van der Waals surface area contributed by atoms with Crippen molar-refractivity contribution in [3.63, 3.8) is 0 Å². The molecule has 0 aliphatic heterocycles. The highest BCUT2D eigenvalue weighted by atomic mass is 32.1. The van der Waals surface area contributed by atoms with Crippen LogP contribution in [-0.4, -0.2) is 34.9 Å². The molecule has 0 spiro atoms. The van der Waals surface area contributed by atoms with Gasteiger partial charge in [-0.15, -0.1) is 12.6 Å². The van der Waals surface area contributed by atoms with Gasteiger partial charge in [0, 0.05) is 10.5 Å². The number of nitrogens with one attached hydrogen (secondary N) is 1. The van der Waals surface area contributed by atoms with Crippen LogP contribution in [0.5, 0.6) is 0 Å². The molecule has 0 aliphatic rings. The molecule has 0 radical (unpaired) electrons. The number of aliphatic hydroxyl groups is 2. The minimum atomic E-state index is -1.07. The minimum Gasteiger partial charge on any atom is -0.394 e. The number of hydrogen-bond acceptors (Lipinski definition) is 4. The molecule has 1 amide bonds. The van der Waals surface area contributed by atoms with Crippen LogP contribution in [0.1, 0.15) is 23.7 Å². The first-order chi connectivity index (χ1) is 8.48. The zero-order chi connectivity index (χ0) is 13.8. The second kappa shape index (κ2) is 6.17. The number of carbonyl (C=O) groups excluding carboxylic acids is 1. The number of rotatable bonds is 5. The Balaban J connectivity index is 2.90. The van der Waals surface area contributed by atoms with Gasteiger partial charge in [-0.25, -0.2) is 4.39 Å². The van der Waals surface area contributed by atoms with E-state index in [1.165, 1.54) is 12.1 Å². The van der Waals surface area contributed by atoms with Crippen molar-refractivity contribution in [2.45, 2.75) is 23.8 Å². The molecule has 0 heterocycles. The number of carbonyl (C=O) groups is 1. The van der Waals surface area contributed by atoms with Crippen LogP contribution >= 0.6 is 12.6 Å². The molecule has 18 heavy (non-hydrogen) atoms. The summed E-state index contributed by atoms with van der Waals surface area (Å²) in [6.45, 7) is 0.989. The topological polar surface area (TPSA) is 69.6 Å². The van der Waals surface area contributed by atoms with E-state index in [-0.39, 0.29) is 23.7 Å². The molecule has 0 saturated heterocycles. The van der Waals surface area contributed by atoms with Crippen molar-refractivity contribution in [2.24, 2.45) is 0 Å². The maximum atomic E-state index is 13.0. The molecule has 1 rings (SSSR count). The predicted molar refractivity (Wildman–Crippen MR) is 68.3 cm³/mol. The highest BCUT2D eigenvalue weighted by molar-refractivity contribution is 7.80. The number of halogens is 1. The fourth-order valence-corrected chi connectivity index (χ4v) is 1.62. The molecule has 4 nitrogen and oxygen atoms in total. The summed E-state index contributed by atoms with van der Waals surface area (Å²) in [6.07, 6.45) is 0.376. The Labute approximate surface area is 110 Å². The smallest absolute Gasteiger partial charge is 0.251 e. The van der Waals surface area contributed by atoms with Gasteiger partial charge in [-0.2, -0.15) is 0 Å². The molecule has 100 valence electrons. The SMILES string of the molecule is CCC(CO)(CO)NC(=O)c1ccc(F)c(S)c1. The normalized spacial score (nSPS) is 11.4. The largest absolute Gasteiger partial charge is 0.394 e. The third kappa shape index (κ3) is 3.22. The molecular formula is C12H16FNO3S. The lowest BCUT2D eigenvalue weighted by atomic mass is 9.98. The summed E-state index contributed by atoms with van der Waals surface area (Å²) in [7, 11) is 0. The Hall–Kier alpha value is -1.11. The maximum Gasteiger partial charge on any atom is 0.251 e. The van der Waals surface area contributed by atoms with Crippen molar-refractivity contribution >= 4 is 18.5 Å². The second-order valence-electron chi connectivity index (χ2n) is 4.07. The van der Waals surface area contributed by atoms with Crippen molar-refractivity contribution in [1.29, 1.82) is 0 Å². The maximum absolute atomic E-state index is 13.0. The molecule has 0 aromatic heterocycles. The molecule has 0 unspecified atom stereocenters. The number of thiol groups is 1. The van der Waals surface area contributed by atoms with Crippen molar-refractivity contribution in [3.05, 3.63) is 29.6 Å². The van der Waals surface area contributed by atoms with E-state index in [0.717, 1.165) is 6.07 Å². The first-order valence-corrected chi connectivity index (χ1v) is 5.95. The van der Waals surface area contributed by atoms with Crippen LogP contribution in [-0.2, 0) is 0 Å². The van der Waals surface area contributed by atoms with Crippen LogP contribution in [0.15, 0.2) is 23.1 Å². The molecule has 0 fully saturated rings. The van der Waals surface area contributed by atoms with Gasteiger partial charge >= 0.3 is 0 Å². The van der Waals surface area contributed by atoms with Crippen LogP contribution in [0, 0.1) is 5.82 Å². The van der Waals surface area contributed by atoms with E-state index < -0.39 is 17.3 Å². The number of aliphatic hydroxyl groups excluding tert-OH is 2. The molecule has 3 N–H and O–H groups in total. The molecule has 0 saturated carbocycles. The van der Waals surface area contributed by atoms with E-state index >= 15 is 0 Å². The minimum absolute atomic E-state index is 0.0674. The van der Waals surface area contributed by atoms with Crippen LogP contribution in [0.3, 0.4) is 0 Å². The monoisotopic (exact) mass is 273 g/mol. The first kappa shape index (κ1) is 14.9. The number of amides is 1. The summed E-state index contributed by atoms with van der Waals surface area (Å²) in [5.74, 6) is -1.00. The highest BCUT2D eigenvalue weighted by Gasteiger charge is 2.29. The summed E-state index contributed by atoms with van der Waals surface area (Å²) in [6, 6.07) is 3.76. The summed E-state index contributed by atoms with van der Waals surface area (Å²) >= 11 is 3.89. The standard InChI is InChI=1S/C12H16FNO3S/c1-2-12(6-15,7-16)14-11(17)8-3-4-9(13)10(18)5-8/h3-5,15-16,18H,2,6-7H2,1H3,(H,14,17). The molecule has 6 heteroatoms. The van der Waals surface area contributed by atoms with E-state index in [4.69, 9.17) is 0 Å². The average molecular weight is 273 g/mol. The highest BCUT2D eigenvalue weighted by Crippen LogP contribution is 2.16. The van der Waals surface area contributed by atoms with Crippen molar-refractivity contribution in [2.75, 3.05) is 13.2 Å². The summed E-state index contributed by atoms with van der Waals surface area (Å²) < 4.78 is 13.0. The zero-order valence-corrected chi connectivity index (χ0v) is 10.9. The lowest BCUT2D eigenvalue weighted by Crippen LogP contribution is -2.53. The quantitative estimate of drug-likeness (QED) is 0.604. The molecule has 1 aromatic carbocycles. The lowest BCUT2D eigenvalue weighted by molar-refractivity contribution is 0.0652. The molecule has 1 aromatic rings. The third-order valence-electron chi connectivity index (χ3n) is 2.87. The predicted octanol–water partition coefficient (Wildman–Crippen LogP) is 0.978. The fourth-order valence-electron chi connectivity index (χ4n) is 1.41. The van der Waals surface area contributed by atoms with Crippen LogP contribution < -0.4 is 5.32 Å².